The highest BCUT2D eigenvalue weighted by molar-refractivity contribution is 9.10. The van der Waals surface area contributed by atoms with Gasteiger partial charge in [0.25, 0.3) is 11.2 Å². The molecule has 0 spiro atoms. The number of para-hydroxylation sites is 1. The number of nitro groups is 1. The molecule has 0 amide bonds. The number of aromatic nitrogens is 2. The van der Waals surface area contributed by atoms with Crippen LogP contribution in [-0.2, 0) is 12.8 Å². The third-order valence-electron chi connectivity index (χ3n) is 6.08. The Hall–Kier alpha value is -4.55. The summed E-state index contributed by atoms with van der Waals surface area (Å²) in [6.07, 6.45) is -3.27. The minimum Gasteiger partial charge on any atom is -0.486 e. The first kappa shape index (κ1) is 29.0. The van der Waals surface area contributed by atoms with Crippen LogP contribution in [0.5, 0.6) is 5.75 Å². The molecule has 1 aromatic heterocycles. The van der Waals surface area contributed by atoms with Crippen LogP contribution in [0.4, 0.5) is 18.9 Å². The summed E-state index contributed by atoms with van der Waals surface area (Å²) in [5.41, 5.74) is -0.0150. The third-order valence-corrected chi connectivity index (χ3v) is 6.94. The van der Waals surface area contributed by atoms with Crippen LogP contribution in [0, 0.1) is 10.1 Å². The molecule has 0 fully saturated rings. The standard InChI is InChI=1S/C29H17BrClF3N4O4/c30-23-12-18(13-24(31)26(23)42-16-17-8-10-21(11-9-17)38(40)41)15-35-37-27(19-4-3-5-20(14-19)29(32,33)34)36-25-7-2-1-6-22(25)28(37)39/h1-15H,16H2. The number of nitro benzene ring substituents is 1. The van der Waals surface area contributed by atoms with Gasteiger partial charge < -0.3 is 4.74 Å². The first-order chi connectivity index (χ1) is 20.0. The van der Waals surface area contributed by atoms with E-state index in [0.29, 0.717) is 26.9 Å². The Balaban J connectivity index is 1.49. The van der Waals surface area contributed by atoms with E-state index in [1.807, 2.05) is 0 Å². The zero-order chi connectivity index (χ0) is 30.0. The maximum absolute atomic E-state index is 13.4. The second-order valence-corrected chi connectivity index (χ2v) is 10.2. The summed E-state index contributed by atoms with van der Waals surface area (Å²) in [4.78, 5) is 28.2. The number of hydrogen-bond acceptors (Lipinski definition) is 6. The van der Waals surface area contributed by atoms with Crippen LogP contribution in [0.3, 0.4) is 0 Å². The molecule has 42 heavy (non-hydrogen) atoms. The van der Waals surface area contributed by atoms with Crippen LogP contribution in [0.25, 0.3) is 22.3 Å². The summed E-state index contributed by atoms with van der Waals surface area (Å²) in [7, 11) is 0. The van der Waals surface area contributed by atoms with Gasteiger partial charge in [-0.1, -0.05) is 35.9 Å². The molecule has 0 saturated carbocycles. The molecule has 0 N–H and O–H groups in total. The molecule has 212 valence electrons. The van der Waals surface area contributed by atoms with E-state index in [-0.39, 0.29) is 34.1 Å². The first-order valence-electron chi connectivity index (χ1n) is 12.1. The largest absolute Gasteiger partial charge is 0.486 e. The summed E-state index contributed by atoms with van der Waals surface area (Å²) in [6, 6.07) is 20.0. The highest BCUT2D eigenvalue weighted by Crippen LogP contribution is 2.35. The van der Waals surface area contributed by atoms with Gasteiger partial charge in [-0.05, 0) is 75.6 Å². The van der Waals surface area contributed by atoms with E-state index in [1.54, 1.807) is 42.5 Å². The second-order valence-electron chi connectivity index (χ2n) is 8.92. The van der Waals surface area contributed by atoms with E-state index in [1.165, 1.54) is 36.5 Å². The molecule has 8 nitrogen and oxygen atoms in total. The van der Waals surface area contributed by atoms with Crippen molar-refractivity contribution in [3.63, 3.8) is 0 Å². The molecular weight excluding hydrogens is 641 g/mol. The molecule has 0 unspecified atom stereocenters. The van der Waals surface area contributed by atoms with Gasteiger partial charge in [0, 0.05) is 17.7 Å². The Labute approximate surface area is 248 Å². The fourth-order valence-electron chi connectivity index (χ4n) is 4.04. The lowest BCUT2D eigenvalue weighted by Gasteiger charge is -2.12. The molecule has 0 aliphatic heterocycles. The molecule has 5 rings (SSSR count). The third kappa shape index (κ3) is 6.19. The van der Waals surface area contributed by atoms with Gasteiger partial charge in [-0.15, -0.1) is 0 Å². The van der Waals surface area contributed by atoms with Crippen LogP contribution in [0.1, 0.15) is 16.7 Å². The zero-order valence-electron chi connectivity index (χ0n) is 21.2. The van der Waals surface area contributed by atoms with Crippen molar-refractivity contribution < 1.29 is 22.8 Å². The van der Waals surface area contributed by atoms with Gasteiger partial charge in [-0.25, -0.2) is 4.98 Å². The lowest BCUT2D eigenvalue weighted by Crippen LogP contribution is -2.20. The number of rotatable bonds is 7. The molecule has 13 heteroatoms. The second kappa shape index (κ2) is 11.7. The van der Waals surface area contributed by atoms with Gasteiger partial charge in [-0.2, -0.15) is 22.9 Å². The number of non-ortho nitro benzene ring substituents is 1. The number of ether oxygens (including phenoxy) is 1. The smallest absolute Gasteiger partial charge is 0.416 e. The van der Waals surface area contributed by atoms with Crippen molar-refractivity contribution in [3.8, 4) is 17.1 Å². The number of fused-ring (bicyclic) bond motifs is 1. The van der Waals surface area contributed by atoms with Crippen LogP contribution in [0.15, 0.2) is 99.3 Å². The molecule has 0 aliphatic rings. The van der Waals surface area contributed by atoms with Gasteiger partial charge in [0.1, 0.15) is 6.61 Å². The maximum atomic E-state index is 13.4. The number of nitrogens with zero attached hydrogens (tertiary/aromatic N) is 4. The number of benzene rings is 4. The zero-order valence-corrected chi connectivity index (χ0v) is 23.5. The van der Waals surface area contributed by atoms with Crippen molar-refractivity contribution in [2.45, 2.75) is 12.8 Å². The minimum atomic E-state index is -4.59. The number of hydrogen-bond donors (Lipinski definition) is 0. The van der Waals surface area contributed by atoms with Crippen molar-refractivity contribution in [3.05, 3.63) is 132 Å². The predicted molar refractivity (Wildman–Crippen MR) is 156 cm³/mol. The molecule has 0 bridgehead atoms. The quantitative estimate of drug-likeness (QED) is 0.101. The summed E-state index contributed by atoms with van der Waals surface area (Å²) in [5, 5.41) is 15.6. The van der Waals surface area contributed by atoms with Crippen molar-refractivity contribution in [1.82, 2.24) is 9.66 Å². The van der Waals surface area contributed by atoms with Crippen LogP contribution < -0.4 is 10.3 Å². The Morgan fingerprint density at radius 3 is 2.48 bits per heavy atom. The lowest BCUT2D eigenvalue weighted by molar-refractivity contribution is -0.384. The highest BCUT2D eigenvalue weighted by Gasteiger charge is 2.31. The average molecular weight is 658 g/mol. The molecular formula is C29H17BrClF3N4O4. The maximum Gasteiger partial charge on any atom is 0.416 e. The molecule has 0 atom stereocenters. The fraction of sp³-hybridized carbons (Fsp3) is 0.0690. The molecule has 4 aromatic carbocycles. The Morgan fingerprint density at radius 2 is 1.79 bits per heavy atom. The Bertz CT molecular complexity index is 1890. The average Bonchev–Trinajstić information content (AvgIpc) is 2.96. The van der Waals surface area contributed by atoms with Gasteiger partial charge in [0.05, 0.1) is 37.1 Å². The number of halogens is 5. The molecule has 1 heterocycles. The molecule has 0 radical (unpaired) electrons. The molecule has 5 aromatic rings. The lowest BCUT2D eigenvalue weighted by atomic mass is 10.1. The van der Waals surface area contributed by atoms with E-state index in [4.69, 9.17) is 16.3 Å². The van der Waals surface area contributed by atoms with E-state index in [0.717, 1.165) is 16.8 Å². The highest BCUT2D eigenvalue weighted by atomic mass is 79.9. The van der Waals surface area contributed by atoms with Crippen LogP contribution in [-0.4, -0.2) is 20.8 Å². The van der Waals surface area contributed by atoms with Crippen molar-refractivity contribution in [2.75, 3.05) is 0 Å². The van der Waals surface area contributed by atoms with Gasteiger partial charge in [-0.3, -0.25) is 14.9 Å². The van der Waals surface area contributed by atoms with Crippen molar-refractivity contribution in [1.29, 1.82) is 0 Å². The van der Waals surface area contributed by atoms with E-state index in [9.17, 15) is 28.1 Å². The summed E-state index contributed by atoms with van der Waals surface area (Å²) in [5.74, 6) is 0.232. The van der Waals surface area contributed by atoms with Gasteiger partial charge >= 0.3 is 6.18 Å². The normalized spacial score (nSPS) is 11.7. The molecule has 0 aliphatic carbocycles. The Kier molecular flexibility index (Phi) is 8.10. The summed E-state index contributed by atoms with van der Waals surface area (Å²) in [6.45, 7) is 0.0856. The van der Waals surface area contributed by atoms with Crippen molar-refractivity contribution in [2.24, 2.45) is 5.10 Å². The summed E-state index contributed by atoms with van der Waals surface area (Å²) < 4.78 is 47.5. The topological polar surface area (TPSA) is 99.6 Å². The molecule has 0 saturated heterocycles. The SMILES string of the molecule is O=c1c2ccccc2nc(-c2cccc(C(F)(F)F)c2)n1N=Cc1cc(Cl)c(OCc2ccc([N+](=O)[O-])cc2)c(Br)c1. The monoisotopic (exact) mass is 656 g/mol. The van der Waals surface area contributed by atoms with E-state index < -0.39 is 22.2 Å². The van der Waals surface area contributed by atoms with Crippen LogP contribution in [0.2, 0.25) is 5.02 Å². The van der Waals surface area contributed by atoms with Crippen molar-refractivity contribution >= 4 is 50.3 Å². The Morgan fingerprint density at radius 1 is 1.05 bits per heavy atom. The van der Waals surface area contributed by atoms with E-state index >= 15 is 0 Å². The first-order valence-corrected chi connectivity index (χ1v) is 13.3. The van der Waals surface area contributed by atoms with Crippen LogP contribution >= 0.6 is 27.5 Å². The predicted octanol–water partition coefficient (Wildman–Crippen LogP) is 7.87. The van der Waals surface area contributed by atoms with Gasteiger partial charge in [0.2, 0.25) is 0 Å². The number of alkyl halides is 3. The van der Waals surface area contributed by atoms with Gasteiger partial charge in [0.15, 0.2) is 11.6 Å². The fourth-order valence-corrected chi connectivity index (χ4v) is 5.03. The van der Waals surface area contributed by atoms with E-state index in [2.05, 4.69) is 26.0 Å². The summed E-state index contributed by atoms with van der Waals surface area (Å²) >= 11 is 9.86. The minimum absolute atomic E-state index is 0.0430.